The molecule has 0 spiro atoms. The van der Waals surface area contributed by atoms with Crippen molar-refractivity contribution in [3.05, 3.63) is 77.7 Å². The Morgan fingerprint density at radius 2 is 1.83 bits per heavy atom. The molecular weight excluding hydrogens is 440 g/mol. The van der Waals surface area contributed by atoms with E-state index in [1.54, 1.807) is 12.1 Å². The van der Waals surface area contributed by atoms with Crippen LogP contribution in [0.15, 0.2) is 60.9 Å². The van der Waals surface area contributed by atoms with Crippen molar-refractivity contribution in [1.29, 1.82) is 5.26 Å². The number of rotatable bonds is 6. The standard InChI is InChI=1S/C28H26N4O3/c29-14-19-11-22-9-10-32(17-24-13-21-3-1-2-4-23(21)16-30-24)26(22)25(12-19)27(33)31-15-18-5-7-20(8-6-18)28(34)35/h1-4,9-13,16,18,20H,5-8,15,17H2,(H,31,33)(H,34,35). The Morgan fingerprint density at radius 3 is 2.57 bits per heavy atom. The zero-order chi connectivity index (χ0) is 24.4. The van der Waals surface area contributed by atoms with Crippen LogP contribution in [0.3, 0.4) is 0 Å². The van der Waals surface area contributed by atoms with Gasteiger partial charge in [-0.25, -0.2) is 0 Å². The molecule has 35 heavy (non-hydrogen) atoms. The van der Waals surface area contributed by atoms with Gasteiger partial charge in [-0.3, -0.25) is 14.6 Å². The predicted molar refractivity (Wildman–Crippen MR) is 133 cm³/mol. The highest BCUT2D eigenvalue weighted by Crippen LogP contribution is 2.29. The van der Waals surface area contributed by atoms with Crippen LogP contribution in [-0.4, -0.2) is 33.1 Å². The lowest BCUT2D eigenvalue weighted by molar-refractivity contribution is -0.143. The quantitative estimate of drug-likeness (QED) is 0.427. The van der Waals surface area contributed by atoms with Crippen molar-refractivity contribution in [3.8, 4) is 6.07 Å². The summed E-state index contributed by atoms with van der Waals surface area (Å²) in [6, 6.07) is 17.6. The number of carbonyl (C=O) groups is 2. The smallest absolute Gasteiger partial charge is 0.306 e. The van der Waals surface area contributed by atoms with Crippen LogP contribution >= 0.6 is 0 Å². The van der Waals surface area contributed by atoms with Gasteiger partial charge in [0.25, 0.3) is 5.91 Å². The van der Waals surface area contributed by atoms with Gasteiger partial charge >= 0.3 is 5.97 Å². The summed E-state index contributed by atoms with van der Waals surface area (Å²) in [6.07, 6.45) is 6.64. The number of amides is 1. The molecule has 1 aliphatic rings. The second kappa shape index (κ2) is 9.59. The van der Waals surface area contributed by atoms with Gasteiger partial charge in [0.2, 0.25) is 0 Å². The number of aliphatic carboxylic acids is 1. The summed E-state index contributed by atoms with van der Waals surface area (Å²) in [5, 5.41) is 24.8. The van der Waals surface area contributed by atoms with Crippen LogP contribution in [0.5, 0.6) is 0 Å². The third-order valence-corrected chi connectivity index (χ3v) is 7.00. The van der Waals surface area contributed by atoms with Gasteiger partial charge in [0.05, 0.1) is 40.9 Å². The number of nitriles is 1. The van der Waals surface area contributed by atoms with E-state index >= 15 is 0 Å². The number of carbonyl (C=O) groups excluding carboxylic acids is 1. The maximum Gasteiger partial charge on any atom is 0.306 e. The molecule has 0 bridgehead atoms. The minimum Gasteiger partial charge on any atom is -0.481 e. The predicted octanol–water partition coefficient (Wildman–Crippen LogP) is 4.73. The molecule has 176 valence electrons. The van der Waals surface area contributed by atoms with Crippen LogP contribution in [-0.2, 0) is 11.3 Å². The molecule has 1 aliphatic carbocycles. The number of hydrogen-bond donors (Lipinski definition) is 2. The van der Waals surface area contributed by atoms with Crippen LogP contribution in [0, 0.1) is 23.2 Å². The third-order valence-electron chi connectivity index (χ3n) is 7.00. The Balaban J connectivity index is 1.39. The summed E-state index contributed by atoms with van der Waals surface area (Å²) in [5.41, 5.74) is 2.55. The summed E-state index contributed by atoms with van der Waals surface area (Å²) < 4.78 is 2.00. The van der Waals surface area contributed by atoms with Crippen molar-refractivity contribution >= 4 is 33.6 Å². The van der Waals surface area contributed by atoms with Crippen LogP contribution in [0.4, 0.5) is 0 Å². The Morgan fingerprint density at radius 1 is 1.06 bits per heavy atom. The molecule has 2 heterocycles. The minimum atomic E-state index is -0.732. The maximum absolute atomic E-state index is 13.3. The number of nitrogens with zero attached hydrogens (tertiary/aromatic N) is 3. The van der Waals surface area contributed by atoms with Gasteiger partial charge in [-0.05, 0) is 61.3 Å². The van der Waals surface area contributed by atoms with Gasteiger partial charge < -0.3 is 15.0 Å². The minimum absolute atomic E-state index is 0.223. The molecule has 7 heteroatoms. The Labute approximate surface area is 203 Å². The summed E-state index contributed by atoms with van der Waals surface area (Å²) in [6.45, 7) is 0.996. The molecule has 5 rings (SSSR count). The first-order valence-corrected chi connectivity index (χ1v) is 11.9. The fraction of sp³-hybridized carbons (Fsp3) is 0.286. The molecule has 2 N–H and O–H groups in total. The molecule has 1 amide bonds. The second-order valence-corrected chi connectivity index (χ2v) is 9.31. The maximum atomic E-state index is 13.3. The molecule has 0 radical (unpaired) electrons. The van der Waals surface area contributed by atoms with Crippen molar-refractivity contribution in [1.82, 2.24) is 14.9 Å². The SMILES string of the molecule is N#Cc1cc(C(=O)NCC2CCC(C(=O)O)CC2)c2c(ccn2Cc2cc3ccccc3cn2)c1. The normalized spacial score (nSPS) is 17.8. The van der Waals surface area contributed by atoms with E-state index in [0.29, 0.717) is 37.1 Å². The molecule has 1 saturated carbocycles. The van der Waals surface area contributed by atoms with Crippen molar-refractivity contribution in [2.45, 2.75) is 32.2 Å². The lowest BCUT2D eigenvalue weighted by atomic mass is 9.82. The fourth-order valence-corrected chi connectivity index (χ4v) is 5.05. The number of pyridine rings is 1. The average Bonchev–Trinajstić information content (AvgIpc) is 3.29. The highest BCUT2D eigenvalue weighted by Gasteiger charge is 2.26. The van der Waals surface area contributed by atoms with E-state index in [1.807, 2.05) is 41.2 Å². The topological polar surface area (TPSA) is 108 Å². The Hall–Kier alpha value is -4.18. The Bertz CT molecular complexity index is 1460. The number of hydrogen-bond acceptors (Lipinski definition) is 4. The fourth-order valence-electron chi connectivity index (χ4n) is 5.05. The molecule has 1 fully saturated rings. The molecule has 7 nitrogen and oxygen atoms in total. The highest BCUT2D eigenvalue weighted by atomic mass is 16.4. The average molecular weight is 467 g/mol. The van der Waals surface area contributed by atoms with E-state index < -0.39 is 5.97 Å². The van der Waals surface area contributed by atoms with Gasteiger partial charge in [0, 0.05) is 29.7 Å². The van der Waals surface area contributed by atoms with Gasteiger partial charge in [0.1, 0.15) is 0 Å². The summed E-state index contributed by atoms with van der Waals surface area (Å²) in [5.74, 6) is -0.970. The molecular formula is C28H26N4O3. The van der Waals surface area contributed by atoms with Crippen molar-refractivity contribution in [2.75, 3.05) is 6.54 Å². The summed E-state index contributed by atoms with van der Waals surface area (Å²) in [7, 11) is 0. The van der Waals surface area contributed by atoms with E-state index in [-0.39, 0.29) is 17.7 Å². The zero-order valence-electron chi connectivity index (χ0n) is 19.3. The Kier molecular flexibility index (Phi) is 6.19. The van der Waals surface area contributed by atoms with E-state index in [2.05, 4.69) is 28.5 Å². The number of carboxylic acid groups (broad SMARTS) is 1. The van der Waals surface area contributed by atoms with Crippen molar-refractivity contribution < 1.29 is 14.7 Å². The second-order valence-electron chi connectivity index (χ2n) is 9.31. The van der Waals surface area contributed by atoms with E-state index in [0.717, 1.165) is 40.2 Å². The van der Waals surface area contributed by atoms with Crippen LogP contribution in [0.2, 0.25) is 0 Å². The van der Waals surface area contributed by atoms with Gasteiger partial charge in [-0.15, -0.1) is 0 Å². The summed E-state index contributed by atoms with van der Waals surface area (Å²) in [4.78, 5) is 29.1. The first kappa shape index (κ1) is 22.6. The van der Waals surface area contributed by atoms with Crippen LogP contribution in [0.25, 0.3) is 21.7 Å². The van der Waals surface area contributed by atoms with E-state index in [9.17, 15) is 20.0 Å². The first-order chi connectivity index (χ1) is 17.0. The lowest BCUT2D eigenvalue weighted by Gasteiger charge is -2.26. The van der Waals surface area contributed by atoms with Crippen molar-refractivity contribution in [3.63, 3.8) is 0 Å². The lowest BCUT2D eigenvalue weighted by Crippen LogP contribution is -2.32. The van der Waals surface area contributed by atoms with Gasteiger partial charge in [0.15, 0.2) is 0 Å². The largest absolute Gasteiger partial charge is 0.481 e. The first-order valence-electron chi connectivity index (χ1n) is 11.9. The van der Waals surface area contributed by atoms with Crippen LogP contribution in [0.1, 0.15) is 47.3 Å². The molecule has 2 aromatic heterocycles. The van der Waals surface area contributed by atoms with Gasteiger partial charge in [-0.2, -0.15) is 5.26 Å². The number of fused-ring (bicyclic) bond motifs is 2. The molecule has 2 aromatic carbocycles. The molecule has 0 atom stereocenters. The molecule has 4 aromatic rings. The monoisotopic (exact) mass is 466 g/mol. The number of nitrogens with one attached hydrogen (secondary N) is 1. The van der Waals surface area contributed by atoms with Crippen LogP contribution < -0.4 is 5.32 Å². The number of carboxylic acids is 1. The zero-order valence-corrected chi connectivity index (χ0v) is 19.3. The van der Waals surface area contributed by atoms with E-state index in [1.165, 1.54) is 0 Å². The number of aromatic nitrogens is 2. The molecule has 0 unspecified atom stereocenters. The third kappa shape index (κ3) is 4.73. The van der Waals surface area contributed by atoms with Crippen molar-refractivity contribution in [2.24, 2.45) is 11.8 Å². The van der Waals surface area contributed by atoms with Gasteiger partial charge in [-0.1, -0.05) is 24.3 Å². The highest BCUT2D eigenvalue weighted by molar-refractivity contribution is 6.06. The van der Waals surface area contributed by atoms with E-state index in [4.69, 9.17) is 0 Å². The number of benzene rings is 2. The summed E-state index contributed by atoms with van der Waals surface area (Å²) >= 11 is 0. The molecule has 0 aliphatic heterocycles. The molecule has 0 saturated heterocycles.